The Balaban J connectivity index is 2.83. The van der Waals surface area contributed by atoms with E-state index in [2.05, 4.69) is 0 Å². The smallest absolute Gasteiger partial charge is 0.253 e. The Morgan fingerprint density at radius 2 is 2.08 bits per heavy atom. The molecule has 1 fully saturated rings. The highest BCUT2D eigenvalue weighted by Crippen LogP contribution is 2.17. The van der Waals surface area contributed by atoms with E-state index in [1.807, 2.05) is 0 Å². The van der Waals surface area contributed by atoms with Gasteiger partial charge in [0.15, 0.2) is 9.84 Å². The summed E-state index contributed by atoms with van der Waals surface area (Å²) in [5.74, 6) is -0.645. The predicted molar refractivity (Wildman–Crippen MR) is 40.2 cm³/mol. The third kappa shape index (κ3) is 1.72. The van der Waals surface area contributed by atoms with Crippen LogP contribution >= 0.6 is 0 Å². The van der Waals surface area contributed by atoms with Gasteiger partial charge in [-0.1, -0.05) is 0 Å². The van der Waals surface area contributed by atoms with Crippen LogP contribution in [-0.4, -0.2) is 44.1 Å². The third-order valence-corrected chi connectivity index (χ3v) is 3.53. The number of rotatable bonds is 2. The summed E-state index contributed by atoms with van der Waals surface area (Å²) in [6.45, 7) is 0. The number of ether oxygens (including phenoxy) is 1. The molecule has 1 heterocycles. The summed E-state index contributed by atoms with van der Waals surface area (Å²) >= 11 is 0. The van der Waals surface area contributed by atoms with E-state index in [9.17, 15) is 18.5 Å². The van der Waals surface area contributed by atoms with Crippen LogP contribution in [0.1, 0.15) is 0 Å². The van der Waals surface area contributed by atoms with Gasteiger partial charge < -0.3 is 4.74 Å². The van der Waals surface area contributed by atoms with Gasteiger partial charge >= 0.3 is 0 Å². The summed E-state index contributed by atoms with van der Waals surface area (Å²) in [7, 11) is -1.99. The number of hydrogen-bond acceptors (Lipinski definition) is 5. The van der Waals surface area contributed by atoms with Crippen molar-refractivity contribution in [2.24, 2.45) is 0 Å². The molecule has 0 aromatic heterocycles. The van der Waals surface area contributed by atoms with Gasteiger partial charge in [-0.05, 0) is 0 Å². The number of sulfone groups is 1. The van der Waals surface area contributed by atoms with Crippen LogP contribution in [-0.2, 0) is 14.6 Å². The molecule has 0 bridgehead atoms. The average molecular weight is 195 g/mol. The first-order chi connectivity index (χ1) is 5.46. The van der Waals surface area contributed by atoms with Crippen LogP contribution in [0.5, 0.6) is 0 Å². The minimum atomic E-state index is -3.27. The standard InChI is InChI=1S/C5H9NO5S/c1-11-5-3-12(9,10)2-4(5)6(7)8/h4-5H,2-3H2,1H3/t4-,5-/m1/s1. The van der Waals surface area contributed by atoms with Crippen molar-refractivity contribution in [2.75, 3.05) is 18.6 Å². The molecule has 1 aliphatic heterocycles. The molecule has 0 spiro atoms. The predicted octanol–water partition coefficient (Wildman–Crippen LogP) is -0.925. The van der Waals surface area contributed by atoms with Crippen molar-refractivity contribution in [1.82, 2.24) is 0 Å². The fraction of sp³-hybridized carbons (Fsp3) is 1.00. The Morgan fingerprint density at radius 3 is 2.42 bits per heavy atom. The van der Waals surface area contributed by atoms with E-state index in [1.165, 1.54) is 7.11 Å². The lowest BCUT2D eigenvalue weighted by Crippen LogP contribution is -2.33. The van der Waals surface area contributed by atoms with Crippen LogP contribution in [0.4, 0.5) is 0 Å². The summed E-state index contributed by atoms with van der Waals surface area (Å²) in [6.07, 6.45) is -0.787. The van der Waals surface area contributed by atoms with E-state index in [-0.39, 0.29) is 5.75 Å². The molecule has 0 aromatic carbocycles. The molecule has 12 heavy (non-hydrogen) atoms. The lowest BCUT2D eigenvalue weighted by molar-refractivity contribution is -0.526. The molecule has 0 radical (unpaired) electrons. The summed E-state index contributed by atoms with van der Waals surface area (Å²) < 4.78 is 26.6. The molecule has 0 N–H and O–H groups in total. The molecular formula is C5H9NO5S. The van der Waals surface area contributed by atoms with Crippen molar-refractivity contribution in [3.8, 4) is 0 Å². The van der Waals surface area contributed by atoms with Crippen LogP contribution in [0.3, 0.4) is 0 Å². The van der Waals surface area contributed by atoms with E-state index in [0.717, 1.165) is 0 Å². The van der Waals surface area contributed by atoms with Crippen LogP contribution in [0, 0.1) is 10.1 Å². The van der Waals surface area contributed by atoms with Gasteiger partial charge in [-0.2, -0.15) is 0 Å². The fourth-order valence-electron chi connectivity index (χ4n) is 1.22. The monoisotopic (exact) mass is 195 g/mol. The van der Waals surface area contributed by atoms with E-state index in [4.69, 9.17) is 4.74 Å². The molecular weight excluding hydrogens is 186 g/mol. The topological polar surface area (TPSA) is 86.5 Å². The zero-order chi connectivity index (χ0) is 9.35. The molecule has 0 saturated carbocycles. The van der Waals surface area contributed by atoms with Gasteiger partial charge in [-0.15, -0.1) is 0 Å². The highest BCUT2D eigenvalue weighted by molar-refractivity contribution is 7.91. The van der Waals surface area contributed by atoms with Crippen molar-refractivity contribution < 1.29 is 18.1 Å². The lowest BCUT2D eigenvalue weighted by Gasteiger charge is -2.07. The first kappa shape index (κ1) is 9.40. The Bertz CT molecular complexity index is 284. The summed E-state index contributed by atoms with van der Waals surface area (Å²) in [4.78, 5) is 9.72. The third-order valence-electron chi connectivity index (χ3n) is 1.85. The summed E-state index contributed by atoms with van der Waals surface area (Å²) in [6, 6.07) is -1.10. The van der Waals surface area contributed by atoms with Gasteiger partial charge in [0, 0.05) is 12.0 Å². The normalized spacial score (nSPS) is 33.4. The van der Waals surface area contributed by atoms with Crippen LogP contribution in [0.2, 0.25) is 0 Å². The quantitative estimate of drug-likeness (QED) is 0.420. The van der Waals surface area contributed by atoms with Crippen LogP contribution < -0.4 is 0 Å². The summed E-state index contributed by atoms with van der Waals surface area (Å²) in [5.41, 5.74) is 0. The minimum Gasteiger partial charge on any atom is -0.373 e. The van der Waals surface area contributed by atoms with Gasteiger partial charge in [-0.3, -0.25) is 10.1 Å². The van der Waals surface area contributed by atoms with Gasteiger partial charge in [0.1, 0.15) is 11.9 Å². The van der Waals surface area contributed by atoms with Crippen molar-refractivity contribution >= 4 is 9.84 Å². The van der Waals surface area contributed by atoms with E-state index in [1.54, 1.807) is 0 Å². The van der Waals surface area contributed by atoms with Gasteiger partial charge in [0.2, 0.25) is 0 Å². The Morgan fingerprint density at radius 1 is 1.50 bits per heavy atom. The molecule has 0 aliphatic carbocycles. The molecule has 2 atom stereocenters. The second-order valence-electron chi connectivity index (χ2n) is 2.70. The molecule has 1 saturated heterocycles. The fourth-order valence-corrected chi connectivity index (χ4v) is 3.07. The SMILES string of the molecule is CO[C@@H]1CS(=O)(=O)C[C@H]1[N+](=O)[O-]. The largest absolute Gasteiger partial charge is 0.373 e. The highest BCUT2D eigenvalue weighted by Gasteiger charge is 2.45. The first-order valence-corrected chi connectivity index (χ1v) is 5.15. The van der Waals surface area contributed by atoms with Crippen molar-refractivity contribution in [3.63, 3.8) is 0 Å². The molecule has 0 amide bonds. The van der Waals surface area contributed by atoms with Gasteiger partial charge in [0.05, 0.1) is 5.75 Å². The zero-order valence-corrected chi connectivity index (χ0v) is 7.28. The van der Waals surface area contributed by atoms with Crippen molar-refractivity contribution in [3.05, 3.63) is 10.1 Å². The van der Waals surface area contributed by atoms with E-state index < -0.39 is 32.7 Å². The number of nitro groups is 1. The van der Waals surface area contributed by atoms with Crippen LogP contribution in [0.25, 0.3) is 0 Å². The number of hydrogen-bond donors (Lipinski definition) is 0. The molecule has 1 aliphatic rings. The number of nitrogens with zero attached hydrogens (tertiary/aromatic N) is 1. The molecule has 70 valence electrons. The molecule has 7 heteroatoms. The zero-order valence-electron chi connectivity index (χ0n) is 6.47. The number of methoxy groups -OCH3 is 1. The maximum atomic E-state index is 10.9. The maximum Gasteiger partial charge on any atom is 0.253 e. The second kappa shape index (κ2) is 2.98. The van der Waals surface area contributed by atoms with Crippen LogP contribution in [0.15, 0.2) is 0 Å². The lowest BCUT2D eigenvalue weighted by atomic mass is 10.2. The Labute approximate surface area is 69.6 Å². The van der Waals surface area contributed by atoms with Crippen molar-refractivity contribution in [1.29, 1.82) is 0 Å². The molecule has 1 rings (SSSR count). The molecule has 6 nitrogen and oxygen atoms in total. The van der Waals surface area contributed by atoms with Crippen molar-refractivity contribution in [2.45, 2.75) is 12.1 Å². The summed E-state index contributed by atoms with van der Waals surface area (Å²) in [5, 5.41) is 10.3. The molecule has 0 aromatic rings. The van der Waals surface area contributed by atoms with E-state index in [0.29, 0.717) is 0 Å². The maximum absolute atomic E-state index is 10.9. The average Bonchev–Trinajstić information content (AvgIpc) is 2.25. The van der Waals surface area contributed by atoms with Gasteiger partial charge in [0.25, 0.3) is 6.04 Å². The Hall–Kier alpha value is -0.690. The first-order valence-electron chi connectivity index (χ1n) is 3.33. The molecule has 0 unspecified atom stereocenters. The second-order valence-corrected chi connectivity index (χ2v) is 4.86. The highest BCUT2D eigenvalue weighted by atomic mass is 32.2. The minimum absolute atomic E-state index is 0.241. The Kier molecular flexibility index (Phi) is 2.34. The van der Waals surface area contributed by atoms with Gasteiger partial charge in [-0.25, -0.2) is 8.42 Å². The van der Waals surface area contributed by atoms with E-state index >= 15 is 0 Å².